The maximum Gasteiger partial charge on any atom is 0.0914 e. The Labute approximate surface area is 112 Å². The van der Waals surface area contributed by atoms with Crippen molar-refractivity contribution >= 4 is 11.3 Å². The molecule has 2 rings (SSSR count). The van der Waals surface area contributed by atoms with Gasteiger partial charge in [-0.05, 0) is 31.0 Å². The molecule has 0 aliphatic carbocycles. The Morgan fingerprint density at radius 2 is 1.94 bits per heavy atom. The first-order valence-electron chi connectivity index (χ1n) is 6.16. The maximum atomic E-state index is 10.00. The van der Waals surface area contributed by atoms with Crippen molar-refractivity contribution in [3.8, 4) is 0 Å². The van der Waals surface area contributed by atoms with E-state index in [1.807, 2.05) is 41.7 Å². The lowest BCUT2D eigenvalue weighted by atomic mass is 10.1. The highest BCUT2D eigenvalue weighted by Gasteiger charge is 2.06. The summed E-state index contributed by atoms with van der Waals surface area (Å²) in [6, 6.07) is 12.0. The minimum Gasteiger partial charge on any atom is -0.387 e. The van der Waals surface area contributed by atoms with Crippen molar-refractivity contribution in [2.45, 2.75) is 26.5 Å². The van der Waals surface area contributed by atoms with Crippen LogP contribution in [0.25, 0.3) is 0 Å². The Kier molecular flexibility index (Phi) is 4.53. The molecule has 0 amide bonds. The predicted octanol–water partition coefficient (Wildman–Crippen LogP) is 3.19. The number of rotatable bonds is 5. The third-order valence-corrected chi connectivity index (χ3v) is 4.19. The van der Waals surface area contributed by atoms with Crippen LogP contribution in [0.1, 0.15) is 27.0 Å². The lowest BCUT2D eigenvalue weighted by molar-refractivity contribution is 0.174. The van der Waals surface area contributed by atoms with E-state index in [0.717, 1.165) is 12.1 Å². The van der Waals surface area contributed by atoms with Crippen LogP contribution in [-0.2, 0) is 6.54 Å². The molecule has 2 aromatic rings. The van der Waals surface area contributed by atoms with Gasteiger partial charge in [-0.15, -0.1) is 11.3 Å². The number of thiophene rings is 1. The molecule has 1 aromatic carbocycles. The molecule has 0 saturated carbocycles. The normalized spacial score (nSPS) is 12.6. The maximum absolute atomic E-state index is 10.00. The highest BCUT2D eigenvalue weighted by Crippen LogP contribution is 2.20. The average Bonchev–Trinajstić information content (AvgIpc) is 2.69. The van der Waals surface area contributed by atoms with Gasteiger partial charge >= 0.3 is 0 Å². The number of nitrogens with one attached hydrogen (secondary N) is 1. The third-order valence-electron chi connectivity index (χ3n) is 3.04. The summed E-state index contributed by atoms with van der Waals surface area (Å²) >= 11 is 1.82. The van der Waals surface area contributed by atoms with Crippen molar-refractivity contribution in [2.75, 3.05) is 6.54 Å². The molecule has 1 atom stereocenters. The van der Waals surface area contributed by atoms with Crippen LogP contribution >= 0.6 is 11.3 Å². The van der Waals surface area contributed by atoms with Gasteiger partial charge in [0.15, 0.2) is 0 Å². The number of aryl methyl sites for hydroxylation is 2. The summed E-state index contributed by atoms with van der Waals surface area (Å²) in [6.45, 7) is 5.68. The van der Waals surface area contributed by atoms with Crippen LogP contribution in [-0.4, -0.2) is 11.7 Å². The fourth-order valence-corrected chi connectivity index (χ4v) is 2.89. The van der Waals surface area contributed by atoms with E-state index in [1.54, 1.807) is 0 Å². The van der Waals surface area contributed by atoms with Crippen molar-refractivity contribution in [1.29, 1.82) is 0 Å². The van der Waals surface area contributed by atoms with Gasteiger partial charge in [-0.2, -0.15) is 0 Å². The lowest BCUT2D eigenvalue weighted by Gasteiger charge is -2.11. The van der Waals surface area contributed by atoms with E-state index in [-0.39, 0.29) is 0 Å². The lowest BCUT2D eigenvalue weighted by Crippen LogP contribution is -2.20. The minimum atomic E-state index is -0.437. The molecule has 0 saturated heterocycles. The van der Waals surface area contributed by atoms with Crippen LogP contribution in [0.15, 0.2) is 36.4 Å². The number of hydrogen-bond acceptors (Lipinski definition) is 3. The monoisotopic (exact) mass is 261 g/mol. The molecule has 1 aromatic heterocycles. The summed E-state index contributed by atoms with van der Waals surface area (Å²) < 4.78 is 0. The Balaban J connectivity index is 1.82. The zero-order chi connectivity index (χ0) is 13.0. The molecule has 96 valence electrons. The van der Waals surface area contributed by atoms with E-state index in [4.69, 9.17) is 0 Å². The molecule has 1 unspecified atom stereocenters. The van der Waals surface area contributed by atoms with Crippen molar-refractivity contribution in [3.63, 3.8) is 0 Å². The van der Waals surface area contributed by atoms with Crippen LogP contribution in [0.4, 0.5) is 0 Å². The second kappa shape index (κ2) is 6.14. The van der Waals surface area contributed by atoms with Gasteiger partial charge in [-0.3, -0.25) is 0 Å². The summed E-state index contributed by atoms with van der Waals surface area (Å²) in [5, 5.41) is 13.3. The second-order valence-corrected chi connectivity index (χ2v) is 5.85. The molecule has 18 heavy (non-hydrogen) atoms. The fourth-order valence-electron chi connectivity index (χ4n) is 1.86. The summed E-state index contributed by atoms with van der Waals surface area (Å²) in [4.78, 5) is 2.70. The molecular weight excluding hydrogens is 242 g/mol. The first-order valence-corrected chi connectivity index (χ1v) is 6.98. The highest BCUT2D eigenvalue weighted by atomic mass is 32.1. The molecule has 2 nitrogen and oxygen atoms in total. The van der Waals surface area contributed by atoms with Crippen LogP contribution < -0.4 is 5.32 Å². The zero-order valence-corrected chi connectivity index (χ0v) is 11.6. The van der Waals surface area contributed by atoms with Crippen LogP contribution in [0, 0.1) is 13.8 Å². The first-order chi connectivity index (χ1) is 8.66. The van der Waals surface area contributed by atoms with Crippen LogP contribution in [0.3, 0.4) is 0 Å². The van der Waals surface area contributed by atoms with E-state index in [2.05, 4.69) is 25.2 Å². The summed E-state index contributed by atoms with van der Waals surface area (Å²) in [5.41, 5.74) is 2.31. The zero-order valence-electron chi connectivity index (χ0n) is 10.8. The largest absolute Gasteiger partial charge is 0.387 e. The minimum absolute atomic E-state index is 0.437. The Morgan fingerprint density at radius 1 is 1.22 bits per heavy atom. The molecular formula is C15H19NOS. The molecule has 3 heteroatoms. The smallest absolute Gasteiger partial charge is 0.0914 e. The second-order valence-electron chi connectivity index (χ2n) is 4.51. The summed E-state index contributed by atoms with van der Waals surface area (Å²) in [5.74, 6) is 0. The van der Waals surface area contributed by atoms with Crippen molar-refractivity contribution in [2.24, 2.45) is 0 Å². The van der Waals surface area contributed by atoms with Gasteiger partial charge in [0.2, 0.25) is 0 Å². The molecule has 0 fully saturated rings. The van der Waals surface area contributed by atoms with E-state index < -0.39 is 6.10 Å². The van der Waals surface area contributed by atoms with E-state index in [1.165, 1.54) is 15.3 Å². The van der Waals surface area contributed by atoms with Gasteiger partial charge in [0.1, 0.15) is 0 Å². The number of aliphatic hydroxyl groups excluding tert-OH is 1. The van der Waals surface area contributed by atoms with E-state index >= 15 is 0 Å². The first kappa shape index (κ1) is 13.3. The topological polar surface area (TPSA) is 32.3 Å². The Morgan fingerprint density at radius 3 is 2.56 bits per heavy atom. The standard InChI is InChI=1S/C15H19NOS/c1-11-8-14(18-12(11)2)9-16-10-15(17)13-6-4-3-5-7-13/h3-8,15-17H,9-10H2,1-2H3. The molecule has 2 N–H and O–H groups in total. The Hall–Kier alpha value is -1.16. The van der Waals surface area contributed by atoms with Gasteiger partial charge in [0.05, 0.1) is 6.10 Å². The highest BCUT2D eigenvalue weighted by molar-refractivity contribution is 7.12. The van der Waals surface area contributed by atoms with Crippen molar-refractivity contribution in [3.05, 3.63) is 57.3 Å². The molecule has 1 heterocycles. The SMILES string of the molecule is Cc1cc(CNCC(O)c2ccccc2)sc1C. The fraction of sp³-hybridized carbons (Fsp3) is 0.333. The molecule has 0 bridgehead atoms. The molecule has 0 spiro atoms. The quantitative estimate of drug-likeness (QED) is 0.866. The van der Waals surface area contributed by atoms with Gasteiger partial charge < -0.3 is 10.4 Å². The van der Waals surface area contributed by atoms with Crippen molar-refractivity contribution < 1.29 is 5.11 Å². The van der Waals surface area contributed by atoms with Gasteiger partial charge in [-0.1, -0.05) is 30.3 Å². The molecule has 0 radical (unpaired) electrons. The molecule has 0 aliphatic rings. The third kappa shape index (κ3) is 3.42. The Bertz CT molecular complexity index is 473. The predicted molar refractivity (Wildman–Crippen MR) is 76.9 cm³/mol. The van der Waals surface area contributed by atoms with Gasteiger partial charge in [0.25, 0.3) is 0 Å². The number of aliphatic hydroxyl groups is 1. The summed E-state index contributed by atoms with van der Waals surface area (Å²) in [6.07, 6.45) is -0.437. The van der Waals surface area contributed by atoms with Crippen molar-refractivity contribution in [1.82, 2.24) is 5.32 Å². The average molecular weight is 261 g/mol. The van der Waals surface area contributed by atoms with E-state index in [9.17, 15) is 5.11 Å². The van der Waals surface area contributed by atoms with E-state index in [0.29, 0.717) is 6.54 Å². The number of benzene rings is 1. The van der Waals surface area contributed by atoms with Crippen LogP contribution in [0.5, 0.6) is 0 Å². The van der Waals surface area contributed by atoms with Gasteiger partial charge in [0, 0.05) is 22.8 Å². The van der Waals surface area contributed by atoms with Crippen LogP contribution in [0.2, 0.25) is 0 Å². The molecule has 0 aliphatic heterocycles. The summed E-state index contributed by atoms with van der Waals surface area (Å²) in [7, 11) is 0. The van der Waals surface area contributed by atoms with Gasteiger partial charge in [-0.25, -0.2) is 0 Å². The number of hydrogen-bond donors (Lipinski definition) is 2.